The summed E-state index contributed by atoms with van der Waals surface area (Å²) in [6, 6.07) is 75.6. The summed E-state index contributed by atoms with van der Waals surface area (Å²) in [6.45, 7) is 0.332. The number of likely N-dealkylation sites (tertiary alicyclic amines) is 2. The summed E-state index contributed by atoms with van der Waals surface area (Å²) in [7, 11) is 0. The fourth-order valence-electron chi connectivity index (χ4n) is 13.5. The van der Waals surface area contributed by atoms with Crippen LogP contribution in [0.1, 0.15) is 80.6 Å². The van der Waals surface area contributed by atoms with E-state index in [0.29, 0.717) is 21.5 Å². The molecule has 2 aliphatic rings. The van der Waals surface area contributed by atoms with E-state index < -0.39 is 89.2 Å². The van der Waals surface area contributed by atoms with Crippen LogP contribution in [0.3, 0.4) is 0 Å². The number of ether oxygens (including phenoxy) is 2. The number of aromatic hydroxyl groups is 1. The van der Waals surface area contributed by atoms with Gasteiger partial charge < -0.3 is 29.5 Å². The SMILES string of the molecule is C[C@@H](O)[C@H]1C(=O)N(C(C(=O)OC(=O)c2ccc([N+](=O)[O-])cc2)=P(c2ccccc2)(c2ccccc2)c2ccccc2)[C@@H]1CC(=O)c1ccc(O)cc1.Cc1ccc(C(=O)C[C@@H]2[C@@H](C(C)C)C(=O)N2C(C(=O)OC(=O)c2ccc([N+](=O)[O-])cc2)=P(c2ccccc2)(c2ccccc2)c2ccccc2)cc1. The number of phenolic OH excluding ortho intramolecular Hbond substituents is 1. The smallest absolute Gasteiger partial charge is 0.363 e. The Morgan fingerprint density at radius 3 is 0.962 bits per heavy atom. The van der Waals surface area contributed by atoms with Gasteiger partial charge in [0, 0.05) is 62.0 Å². The number of hydrogen-bond donors (Lipinski definition) is 2. The monoisotopic (exact) mass is 1430 g/mol. The summed E-state index contributed by atoms with van der Waals surface area (Å²) < 4.78 is 11.3. The van der Waals surface area contributed by atoms with Gasteiger partial charge in [-0.1, -0.05) is 226 Å². The van der Waals surface area contributed by atoms with Gasteiger partial charge in [0.25, 0.3) is 11.4 Å². The zero-order chi connectivity index (χ0) is 74.0. The third kappa shape index (κ3) is 14.7. The van der Waals surface area contributed by atoms with E-state index in [0.717, 1.165) is 45.7 Å². The topological polar surface area (TPSA) is 288 Å². The Labute approximate surface area is 599 Å². The third-order valence-corrected chi connectivity index (χ3v) is 26.9. The number of esters is 4. The molecule has 2 N–H and O–H groups in total. The van der Waals surface area contributed by atoms with E-state index in [1.165, 1.54) is 65.3 Å². The largest absolute Gasteiger partial charge is 0.508 e. The molecule has 5 atom stereocenters. The lowest BCUT2D eigenvalue weighted by atomic mass is 9.76. The predicted molar refractivity (Wildman–Crippen MR) is 399 cm³/mol. The van der Waals surface area contributed by atoms with Crippen LogP contribution in [0.2, 0.25) is 0 Å². The molecule has 0 saturated carbocycles. The molecule has 0 aliphatic carbocycles. The first-order chi connectivity index (χ1) is 50.1. The maximum atomic E-state index is 15.0. The molecule has 104 heavy (non-hydrogen) atoms. The van der Waals surface area contributed by atoms with E-state index in [4.69, 9.17) is 9.47 Å². The van der Waals surface area contributed by atoms with Crippen LogP contribution < -0.4 is 31.8 Å². The molecule has 10 aromatic rings. The van der Waals surface area contributed by atoms with Gasteiger partial charge in [0.2, 0.25) is 11.8 Å². The van der Waals surface area contributed by atoms with Gasteiger partial charge in [-0.3, -0.25) is 39.4 Å². The molecular formula is C82H70N4O16P2. The zero-order valence-electron chi connectivity index (χ0n) is 56.7. The minimum Gasteiger partial charge on any atom is -0.508 e. The van der Waals surface area contributed by atoms with E-state index >= 15 is 4.79 Å². The highest BCUT2D eigenvalue weighted by Crippen LogP contribution is 2.52. The van der Waals surface area contributed by atoms with Gasteiger partial charge >= 0.3 is 23.9 Å². The Balaban J connectivity index is 0.000000208. The fraction of sp³-hybridized carbons (Fsp3) is 0.146. The second-order valence-electron chi connectivity index (χ2n) is 25.2. The molecule has 2 heterocycles. The minimum atomic E-state index is -3.48. The van der Waals surface area contributed by atoms with Gasteiger partial charge in [0.1, 0.15) is 16.6 Å². The number of nitro benzene ring substituents is 2. The highest BCUT2D eigenvalue weighted by Gasteiger charge is 2.57. The van der Waals surface area contributed by atoms with Crippen molar-refractivity contribution >= 4 is 115 Å². The van der Waals surface area contributed by atoms with Crippen LogP contribution in [0.5, 0.6) is 5.75 Å². The molecule has 524 valence electrons. The molecule has 20 nitrogen and oxygen atoms in total. The molecule has 0 aromatic heterocycles. The number of aliphatic hydroxyl groups is 1. The molecule has 0 bridgehead atoms. The average Bonchev–Trinajstić information content (AvgIpc) is 0.708. The molecule has 0 radical (unpaired) electrons. The van der Waals surface area contributed by atoms with E-state index in [2.05, 4.69) is 0 Å². The lowest BCUT2D eigenvalue weighted by molar-refractivity contribution is -0.385. The fourth-order valence-corrected chi connectivity index (χ4v) is 22.3. The average molecular weight is 1430 g/mol. The zero-order valence-corrected chi connectivity index (χ0v) is 58.5. The van der Waals surface area contributed by atoms with Crippen LogP contribution in [-0.4, -0.2) is 106 Å². The quantitative estimate of drug-likeness (QED) is 0.0121. The number of phenols is 1. The first-order valence-corrected chi connectivity index (χ1v) is 36.8. The number of ketones is 2. The van der Waals surface area contributed by atoms with Crippen molar-refractivity contribution in [2.75, 3.05) is 0 Å². The lowest BCUT2D eigenvalue weighted by Gasteiger charge is -2.51. The van der Waals surface area contributed by atoms with Crippen molar-refractivity contribution in [3.8, 4) is 5.75 Å². The van der Waals surface area contributed by atoms with E-state index in [-0.39, 0.29) is 75.1 Å². The Morgan fingerprint density at radius 1 is 0.413 bits per heavy atom. The van der Waals surface area contributed by atoms with E-state index in [1.807, 2.05) is 178 Å². The predicted octanol–water partition coefficient (Wildman–Crippen LogP) is 11.1. The number of nitro groups is 2. The van der Waals surface area contributed by atoms with Gasteiger partial charge in [0.05, 0.1) is 51.0 Å². The normalized spacial score (nSPS) is 15.7. The highest BCUT2D eigenvalue weighted by atomic mass is 31.2. The number of carbonyl (C=O) groups excluding carboxylic acids is 8. The molecule has 0 unspecified atom stereocenters. The molecular weight excluding hydrogens is 1360 g/mol. The van der Waals surface area contributed by atoms with E-state index in [1.54, 1.807) is 48.5 Å². The van der Waals surface area contributed by atoms with Crippen LogP contribution in [0.25, 0.3) is 0 Å². The lowest BCUT2D eigenvalue weighted by Crippen LogP contribution is -2.68. The Kier molecular flexibility index (Phi) is 22.4. The number of rotatable bonds is 22. The third-order valence-electron chi connectivity index (χ3n) is 18.4. The van der Waals surface area contributed by atoms with Crippen molar-refractivity contribution in [1.82, 2.24) is 9.80 Å². The molecule has 2 saturated heterocycles. The summed E-state index contributed by atoms with van der Waals surface area (Å²) in [5.41, 5.74) is 0.787. The van der Waals surface area contributed by atoms with Crippen LogP contribution in [0.15, 0.2) is 279 Å². The standard InChI is InChI=1S/C42H37N2O7P.C40H33N2O9P/c1-28(2)38-36(27-37(45)30-21-19-29(3)20-22-30)43(39(38)46)40(42(48)51-41(47)31-23-25-32(26-24-31)44(49)50)52(33-13-7-4-8-14-33,34-15-9-5-10-16-34)35-17-11-6-12-18-35;1-26(43)36-34(25-35(45)27-19-23-30(44)24-20-27)41(37(36)46)38(40(48)51-39(47)28-17-21-29(22-18-28)42(49)50)52(31-11-5-2-6-12-31,32-13-7-3-8-14-32)33-15-9-4-10-16-33/h4-26,28,36,38H,27H2,1-3H3;2-24,26,34,36,43-44H,25H2,1H3/t36-,38-;26-,34-,36-/m11/s1. The molecule has 2 amide bonds. The number of aryl methyl sites for hydroxylation is 1. The van der Waals surface area contributed by atoms with Gasteiger partial charge in [-0.05, 0) is 100 Å². The van der Waals surface area contributed by atoms with Crippen molar-refractivity contribution < 1.29 is 67.9 Å². The maximum Gasteiger partial charge on any atom is 0.363 e. The number of non-ortho nitro benzene ring substituents is 2. The molecule has 10 aromatic carbocycles. The number of amides is 2. The molecule has 2 fully saturated rings. The summed E-state index contributed by atoms with van der Waals surface area (Å²) in [5.74, 6) is -7.83. The van der Waals surface area contributed by atoms with Crippen molar-refractivity contribution in [2.24, 2.45) is 17.8 Å². The number of Topliss-reactive ketones (excluding diaryl/α,β-unsaturated/α-hetero) is 2. The number of nitrogens with zero attached hydrogens (tertiary/aromatic N) is 4. The number of hydrogen-bond acceptors (Lipinski definition) is 16. The van der Waals surface area contributed by atoms with Crippen LogP contribution >= 0.6 is 13.8 Å². The molecule has 12 rings (SSSR count). The maximum absolute atomic E-state index is 15.0. The van der Waals surface area contributed by atoms with Crippen molar-refractivity contribution in [2.45, 2.75) is 58.7 Å². The van der Waals surface area contributed by atoms with Crippen LogP contribution in [0, 0.1) is 44.9 Å². The minimum absolute atomic E-state index is 0.0324. The Hall–Kier alpha value is -12.1. The van der Waals surface area contributed by atoms with Crippen LogP contribution in [0.4, 0.5) is 11.4 Å². The number of β-lactam (4-membered cyclic amide) rings is 2. The highest BCUT2D eigenvalue weighted by molar-refractivity contribution is 7.97. The number of aliphatic hydroxyl groups excluding tert-OH is 1. The van der Waals surface area contributed by atoms with Gasteiger partial charge in [-0.15, -0.1) is 0 Å². The first kappa shape index (κ1) is 73.1. The summed E-state index contributed by atoms with van der Waals surface area (Å²) in [6.07, 6.45) is -1.58. The Morgan fingerprint density at radius 2 is 0.683 bits per heavy atom. The number of carbonyl (C=O) groups is 8. The summed E-state index contributed by atoms with van der Waals surface area (Å²) in [5, 5.41) is 47.3. The summed E-state index contributed by atoms with van der Waals surface area (Å²) in [4.78, 5) is 138. The Bertz CT molecular complexity index is 4490. The second kappa shape index (κ2) is 31.9. The summed E-state index contributed by atoms with van der Waals surface area (Å²) >= 11 is 0. The molecule has 0 spiro atoms. The van der Waals surface area contributed by atoms with Crippen molar-refractivity contribution in [3.63, 3.8) is 0 Å². The van der Waals surface area contributed by atoms with Gasteiger partial charge in [-0.2, -0.15) is 0 Å². The molecule has 22 heteroatoms. The van der Waals surface area contributed by atoms with Crippen molar-refractivity contribution in [3.05, 3.63) is 327 Å². The van der Waals surface area contributed by atoms with Crippen LogP contribution in [-0.2, 0) is 28.7 Å². The van der Waals surface area contributed by atoms with E-state index in [9.17, 15) is 64.0 Å². The molecule has 2 aliphatic heterocycles. The second-order valence-corrected chi connectivity index (χ2v) is 31.8. The number of benzene rings is 10. The first-order valence-electron chi connectivity index (χ1n) is 33.2. The van der Waals surface area contributed by atoms with Gasteiger partial charge in [-0.25, -0.2) is 19.2 Å². The van der Waals surface area contributed by atoms with Gasteiger partial charge in [0.15, 0.2) is 11.6 Å². The van der Waals surface area contributed by atoms with Crippen molar-refractivity contribution in [1.29, 1.82) is 0 Å².